The molecular formula is C21H28N2. The van der Waals surface area contributed by atoms with Gasteiger partial charge in [-0.1, -0.05) is 61.7 Å². The van der Waals surface area contributed by atoms with Crippen molar-refractivity contribution in [2.45, 2.75) is 45.7 Å². The molecule has 0 aromatic heterocycles. The maximum absolute atomic E-state index is 3.82. The molecule has 122 valence electrons. The maximum Gasteiger partial charge on any atom is 0.0600 e. The number of hydrogen-bond acceptors (Lipinski definition) is 2. The Hall–Kier alpha value is -1.80. The highest BCUT2D eigenvalue weighted by Crippen LogP contribution is 2.36. The van der Waals surface area contributed by atoms with Crippen molar-refractivity contribution in [1.29, 1.82) is 0 Å². The van der Waals surface area contributed by atoms with Crippen molar-refractivity contribution in [3.63, 3.8) is 0 Å². The van der Waals surface area contributed by atoms with E-state index >= 15 is 0 Å². The minimum atomic E-state index is 0.295. The lowest BCUT2D eigenvalue weighted by Crippen LogP contribution is -2.24. The first-order chi connectivity index (χ1) is 11.2. The highest BCUT2D eigenvalue weighted by atomic mass is 15.1. The second kappa shape index (κ2) is 7.18. The Kier molecular flexibility index (Phi) is 5.02. The van der Waals surface area contributed by atoms with E-state index in [1.54, 1.807) is 0 Å². The van der Waals surface area contributed by atoms with Gasteiger partial charge in [0.1, 0.15) is 0 Å². The summed E-state index contributed by atoms with van der Waals surface area (Å²) in [6, 6.07) is 16.0. The summed E-state index contributed by atoms with van der Waals surface area (Å²) >= 11 is 0. The van der Waals surface area contributed by atoms with Crippen LogP contribution >= 0.6 is 0 Å². The Morgan fingerprint density at radius 2 is 1.91 bits per heavy atom. The number of fused-ring (bicyclic) bond motifs is 2. The third kappa shape index (κ3) is 3.42. The van der Waals surface area contributed by atoms with Gasteiger partial charge in [0, 0.05) is 19.3 Å². The number of anilines is 1. The summed E-state index contributed by atoms with van der Waals surface area (Å²) in [4.78, 5) is 2.38. The topological polar surface area (TPSA) is 15.3 Å². The summed E-state index contributed by atoms with van der Waals surface area (Å²) in [6.45, 7) is 6.49. The predicted octanol–water partition coefficient (Wildman–Crippen LogP) is 4.81. The SMILES string of the molecule is CCCCCNC1c2ccc(C)cc2CN(C)c2ccccc21. The number of aryl methyl sites for hydroxylation is 1. The molecule has 2 aromatic rings. The van der Waals surface area contributed by atoms with E-state index in [9.17, 15) is 0 Å². The Balaban J connectivity index is 1.99. The number of nitrogens with one attached hydrogen (secondary N) is 1. The second-order valence-electron chi connectivity index (χ2n) is 6.71. The lowest BCUT2D eigenvalue weighted by atomic mass is 9.93. The molecule has 2 heteroatoms. The van der Waals surface area contributed by atoms with E-state index in [-0.39, 0.29) is 0 Å². The Morgan fingerprint density at radius 1 is 1.09 bits per heavy atom. The summed E-state index contributed by atoms with van der Waals surface area (Å²) in [5.41, 5.74) is 6.96. The van der Waals surface area contributed by atoms with E-state index in [0.717, 1.165) is 13.1 Å². The molecule has 0 radical (unpaired) electrons. The van der Waals surface area contributed by atoms with Crippen LogP contribution in [0.1, 0.15) is 54.5 Å². The minimum absolute atomic E-state index is 0.295. The second-order valence-corrected chi connectivity index (χ2v) is 6.71. The molecule has 23 heavy (non-hydrogen) atoms. The van der Waals surface area contributed by atoms with Gasteiger partial charge in [0.05, 0.1) is 6.04 Å². The van der Waals surface area contributed by atoms with Gasteiger partial charge >= 0.3 is 0 Å². The van der Waals surface area contributed by atoms with Crippen LogP contribution in [0.4, 0.5) is 5.69 Å². The summed E-state index contributed by atoms with van der Waals surface area (Å²) in [7, 11) is 2.20. The molecule has 0 saturated heterocycles. The van der Waals surface area contributed by atoms with Crippen LogP contribution in [0, 0.1) is 6.92 Å². The van der Waals surface area contributed by atoms with Gasteiger partial charge in [-0.05, 0) is 42.6 Å². The number of unbranched alkanes of at least 4 members (excludes halogenated alkanes) is 2. The van der Waals surface area contributed by atoms with Crippen molar-refractivity contribution in [3.05, 3.63) is 64.7 Å². The molecule has 1 atom stereocenters. The van der Waals surface area contributed by atoms with Crippen LogP contribution in [0.5, 0.6) is 0 Å². The summed E-state index contributed by atoms with van der Waals surface area (Å²) in [5, 5.41) is 3.82. The molecule has 0 bridgehead atoms. The predicted molar refractivity (Wildman–Crippen MR) is 99.1 cm³/mol. The fourth-order valence-electron chi connectivity index (χ4n) is 3.58. The largest absolute Gasteiger partial charge is 0.370 e. The van der Waals surface area contributed by atoms with E-state index in [0.29, 0.717) is 6.04 Å². The number of hydrogen-bond donors (Lipinski definition) is 1. The summed E-state index contributed by atoms with van der Waals surface area (Å²) in [6.07, 6.45) is 3.80. The molecule has 2 nitrogen and oxygen atoms in total. The van der Waals surface area contributed by atoms with Gasteiger partial charge in [-0.15, -0.1) is 0 Å². The van der Waals surface area contributed by atoms with E-state index in [4.69, 9.17) is 0 Å². The van der Waals surface area contributed by atoms with Crippen molar-refractivity contribution >= 4 is 5.69 Å². The van der Waals surface area contributed by atoms with Crippen LogP contribution in [-0.4, -0.2) is 13.6 Å². The molecule has 1 unspecified atom stereocenters. The average Bonchev–Trinajstić information content (AvgIpc) is 2.66. The van der Waals surface area contributed by atoms with Crippen LogP contribution < -0.4 is 10.2 Å². The van der Waals surface area contributed by atoms with Gasteiger partial charge in [-0.2, -0.15) is 0 Å². The first-order valence-corrected chi connectivity index (χ1v) is 8.83. The zero-order valence-corrected chi connectivity index (χ0v) is 14.6. The van der Waals surface area contributed by atoms with Crippen molar-refractivity contribution in [2.24, 2.45) is 0 Å². The molecule has 1 N–H and O–H groups in total. The molecule has 3 rings (SSSR count). The van der Waals surface area contributed by atoms with Gasteiger partial charge in [-0.3, -0.25) is 0 Å². The van der Waals surface area contributed by atoms with Crippen LogP contribution in [0.25, 0.3) is 0 Å². The normalized spacial score (nSPS) is 16.7. The smallest absolute Gasteiger partial charge is 0.0600 e. The lowest BCUT2D eigenvalue weighted by Gasteiger charge is -2.23. The summed E-state index contributed by atoms with van der Waals surface area (Å²) in [5.74, 6) is 0. The van der Waals surface area contributed by atoms with E-state index in [2.05, 4.69) is 73.6 Å². The Labute approximate surface area is 140 Å². The summed E-state index contributed by atoms with van der Waals surface area (Å²) < 4.78 is 0. The molecule has 1 aliphatic heterocycles. The van der Waals surface area contributed by atoms with Crippen LogP contribution in [0.15, 0.2) is 42.5 Å². The number of benzene rings is 2. The molecule has 0 aliphatic carbocycles. The lowest BCUT2D eigenvalue weighted by molar-refractivity contribution is 0.566. The van der Waals surface area contributed by atoms with Gasteiger partial charge in [-0.25, -0.2) is 0 Å². The number of rotatable bonds is 5. The van der Waals surface area contributed by atoms with Crippen molar-refractivity contribution in [2.75, 3.05) is 18.5 Å². The van der Waals surface area contributed by atoms with Crippen molar-refractivity contribution < 1.29 is 0 Å². The van der Waals surface area contributed by atoms with Gasteiger partial charge in [0.15, 0.2) is 0 Å². The third-order valence-electron chi connectivity index (χ3n) is 4.80. The number of para-hydroxylation sites is 1. The molecule has 0 amide bonds. The van der Waals surface area contributed by atoms with Crippen LogP contribution in [-0.2, 0) is 6.54 Å². The molecule has 0 saturated carbocycles. The van der Waals surface area contributed by atoms with Crippen LogP contribution in [0.3, 0.4) is 0 Å². The van der Waals surface area contributed by atoms with E-state index in [1.807, 2.05) is 0 Å². The van der Waals surface area contributed by atoms with Gasteiger partial charge < -0.3 is 10.2 Å². The first-order valence-electron chi connectivity index (χ1n) is 8.83. The maximum atomic E-state index is 3.82. The Morgan fingerprint density at radius 3 is 2.74 bits per heavy atom. The highest BCUT2D eigenvalue weighted by Gasteiger charge is 2.25. The van der Waals surface area contributed by atoms with Crippen LogP contribution in [0.2, 0.25) is 0 Å². The molecule has 0 fully saturated rings. The zero-order valence-electron chi connectivity index (χ0n) is 14.6. The zero-order chi connectivity index (χ0) is 16.2. The third-order valence-corrected chi connectivity index (χ3v) is 4.80. The molecule has 1 heterocycles. The van der Waals surface area contributed by atoms with E-state index < -0.39 is 0 Å². The number of nitrogens with zero attached hydrogens (tertiary/aromatic N) is 1. The molecular weight excluding hydrogens is 280 g/mol. The van der Waals surface area contributed by atoms with Crippen molar-refractivity contribution in [1.82, 2.24) is 5.32 Å². The Bertz CT molecular complexity index is 663. The van der Waals surface area contributed by atoms with Gasteiger partial charge in [0.25, 0.3) is 0 Å². The molecule has 2 aromatic carbocycles. The monoisotopic (exact) mass is 308 g/mol. The quantitative estimate of drug-likeness (QED) is 0.797. The standard InChI is InChI=1S/C21H28N2/c1-4-5-8-13-22-21-18-12-11-16(2)14-17(18)15-23(3)20-10-7-6-9-19(20)21/h6-7,9-12,14,21-22H,4-5,8,13,15H2,1-3H3. The molecule has 1 aliphatic rings. The van der Waals surface area contributed by atoms with Gasteiger partial charge in [0.2, 0.25) is 0 Å². The van der Waals surface area contributed by atoms with E-state index in [1.165, 1.54) is 47.2 Å². The fourth-order valence-corrected chi connectivity index (χ4v) is 3.58. The fraction of sp³-hybridized carbons (Fsp3) is 0.429. The van der Waals surface area contributed by atoms with Crippen molar-refractivity contribution in [3.8, 4) is 0 Å². The molecule has 0 spiro atoms. The first kappa shape index (κ1) is 16.1. The highest BCUT2D eigenvalue weighted by molar-refractivity contribution is 5.60. The minimum Gasteiger partial charge on any atom is -0.370 e. The average molecular weight is 308 g/mol.